The number of halogens is 1. The maximum atomic E-state index is 5.97. The third-order valence-corrected chi connectivity index (χ3v) is 4.90. The fourth-order valence-electron chi connectivity index (χ4n) is 3.42. The fourth-order valence-corrected chi connectivity index (χ4v) is 3.42. The van der Waals surface area contributed by atoms with Gasteiger partial charge in [-0.2, -0.15) is 0 Å². The van der Waals surface area contributed by atoms with E-state index >= 15 is 0 Å². The van der Waals surface area contributed by atoms with Gasteiger partial charge >= 0.3 is 0 Å². The first-order valence-electron chi connectivity index (χ1n) is 9.62. The molecule has 29 heavy (non-hydrogen) atoms. The third kappa shape index (κ3) is 5.14. The molecule has 6 nitrogen and oxygen atoms in total. The summed E-state index contributed by atoms with van der Waals surface area (Å²) in [5, 5.41) is 7.97. The van der Waals surface area contributed by atoms with Crippen molar-refractivity contribution in [3.63, 3.8) is 0 Å². The van der Waals surface area contributed by atoms with E-state index in [4.69, 9.17) is 9.47 Å². The Labute approximate surface area is 188 Å². The average molecular weight is 506 g/mol. The van der Waals surface area contributed by atoms with Crippen molar-refractivity contribution >= 4 is 40.8 Å². The standard InChI is InChI=1S/C22H26N4O2.HI/c1-15-7-8-18-16(12-25-19(18)11-15)9-10-24-22(23-2)26-13-17-14-27-20-5-3-4-6-21(20)28-17;/h3-8,11-12,17,25H,9-10,13-14H2,1-2H3,(H2,23,24,26);1H. The third-order valence-electron chi connectivity index (χ3n) is 4.90. The smallest absolute Gasteiger partial charge is 0.191 e. The van der Waals surface area contributed by atoms with Crippen LogP contribution >= 0.6 is 24.0 Å². The summed E-state index contributed by atoms with van der Waals surface area (Å²) in [5.41, 5.74) is 3.76. The highest BCUT2D eigenvalue weighted by Gasteiger charge is 2.20. The van der Waals surface area contributed by atoms with Crippen LogP contribution in [0.2, 0.25) is 0 Å². The first-order chi connectivity index (χ1) is 13.7. The molecule has 0 bridgehead atoms. The van der Waals surface area contributed by atoms with Crippen LogP contribution in [0.15, 0.2) is 53.7 Å². The summed E-state index contributed by atoms with van der Waals surface area (Å²) in [7, 11) is 1.78. The maximum Gasteiger partial charge on any atom is 0.191 e. The lowest BCUT2D eigenvalue weighted by Gasteiger charge is -2.27. The number of guanidine groups is 1. The van der Waals surface area contributed by atoms with E-state index < -0.39 is 0 Å². The largest absolute Gasteiger partial charge is 0.486 e. The van der Waals surface area contributed by atoms with Gasteiger partial charge in [0.05, 0.1) is 6.54 Å². The van der Waals surface area contributed by atoms with Gasteiger partial charge in [0.15, 0.2) is 17.5 Å². The molecule has 0 spiro atoms. The Bertz CT molecular complexity index is 986. The van der Waals surface area contributed by atoms with Crippen molar-refractivity contribution < 1.29 is 9.47 Å². The molecule has 0 fully saturated rings. The highest BCUT2D eigenvalue weighted by Crippen LogP contribution is 2.30. The van der Waals surface area contributed by atoms with Crippen molar-refractivity contribution in [1.82, 2.24) is 15.6 Å². The molecule has 1 aliphatic rings. The van der Waals surface area contributed by atoms with Crippen LogP contribution in [-0.2, 0) is 6.42 Å². The highest BCUT2D eigenvalue weighted by atomic mass is 127. The normalized spacial score (nSPS) is 15.7. The Morgan fingerprint density at radius 1 is 1.17 bits per heavy atom. The number of fused-ring (bicyclic) bond motifs is 2. The number of aromatic nitrogens is 1. The zero-order chi connectivity index (χ0) is 19.3. The van der Waals surface area contributed by atoms with Crippen LogP contribution in [0.25, 0.3) is 10.9 Å². The molecule has 0 radical (unpaired) electrons. The molecule has 0 saturated carbocycles. The molecule has 1 aromatic heterocycles. The molecule has 7 heteroatoms. The minimum absolute atomic E-state index is 0. The summed E-state index contributed by atoms with van der Waals surface area (Å²) < 4.78 is 11.7. The van der Waals surface area contributed by atoms with E-state index in [1.54, 1.807) is 7.05 Å². The van der Waals surface area contributed by atoms with Gasteiger partial charge in [0.25, 0.3) is 0 Å². The molecular weight excluding hydrogens is 479 g/mol. The number of hydrogen-bond acceptors (Lipinski definition) is 3. The number of rotatable bonds is 5. The number of aryl methyl sites for hydroxylation is 1. The first-order valence-corrected chi connectivity index (χ1v) is 9.62. The zero-order valence-corrected chi connectivity index (χ0v) is 19.0. The van der Waals surface area contributed by atoms with Gasteiger partial charge in [-0.25, -0.2) is 0 Å². The number of nitrogens with one attached hydrogen (secondary N) is 3. The van der Waals surface area contributed by atoms with Gasteiger partial charge in [-0.05, 0) is 42.7 Å². The second-order valence-corrected chi connectivity index (χ2v) is 6.99. The van der Waals surface area contributed by atoms with Gasteiger partial charge in [-0.15, -0.1) is 24.0 Å². The molecule has 2 heterocycles. The molecule has 4 rings (SSSR count). The fraction of sp³-hybridized carbons (Fsp3) is 0.318. The number of H-pyrrole nitrogens is 1. The summed E-state index contributed by atoms with van der Waals surface area (Å²) in [6, 6.07) is 14.3. The number of aliphatic imine (C=N–C) groups is 1. The molecule has 1 unspecified atom stereocenters. The molecule has 0 saturated heterocycles. The second-order valence-electron chi connectivity index (χ2n) is 6.99. The number of hydrogen-bond donors (Lipinski definition) is 3. The van der Waals surface area contributed by atoms with Crippen molar-refractivity contribution in [2.24, 2.45) is 4.99 Å². The molecule has 3 aromatic rings. The van der Waals surface area contributed by atoms with Gasteiger partial charge in [-0.3, -0.25) is 4.99 Å². The van der Waals surface area contributed by atoms with E-state index in [1.807, 2.05) is 24.3 Å². The maximum absolute atomic E-state index is 5.97. The molecule has 2 aromatic carbocycles. The minimum Gasteiger partial charge on any atom is -0.486 e. The lowest BCUT2D eigenvalue weighted by atomic mass is 10.1. The number of nitrogens with zero attached hydrogens (tertiary/aromatic N) is 1. The molecule has 0 aliphatic carbocycles. The van der Waals surface area contributed by atoms with Crippen molar-refractivity contribution in [2.75, 3.05) is 26.7 Å². The van der Waals surface area contributed by atoms with Crippen LogP contribution in [0.1, 0.15) is 11.1 Å². The van der Waals surface area contributed by atoms with Crippen molar-refractivity contribution in [2.45, 2.75) is 19.4 Å². The van der Waals surface area contributed by atoms with Crippen LogP contribution < -0.4 is 20.1 Å². The highest BCUT2D eigenvalue weighted by molar-refractivity contribution is 14.0. The Hall–Kier alpha value is -2.42. The summed E-state index contributed by atoms with van der Waals surface area (Å²) in [6.07, 6.45) is 2.96. The SMILES string of the molecule is CN=C(NCCc1c[nH]c2cc(C)ccc12)NCC1COc2ccccc2O1.I. The zero-order valence-electron chi connectivity index (χ0n) is 16.7. The molecule has 3 N–H and O–H groups in total. The van der Waals surface area contributed by atoms with E-state index in [9.17, 15) is 0 Å². The Morgan fingerprint density at radius 2 is 2.00 bits per heavy atom. The van der Waals surface area contributed by atoms with Crippen LogP contribution in [0.5, 0.6) is 11.5 Å². The van der Waals surface area contributed by atoms with Crippen LogP contribution in [0.3, 0.4) is 0 Å². The van der Waals surface area contributed by atoms with Crippen LogP contribution in [-0.4, -0.2) is 43.8 Å². The molecule has 1 atom stereocenters. The lowest BCUT2D eigenvalue weighted by molar-refractivity contribution is 0.0936. The summed E-state index contributed by atoms with van der Waals surface area (Å²) in [5.74, 6) is 2.35. The molecule has 0 amide bonds. The first kappa shape index (κ1) is 21.3. The Balaban J connectivity index is 0.00000240. The quantitative estimate of drug-likeness (QED) is 0.281. The second kappa shape index (κ2) is 9.87. The van der Waals surface area contributed by atoms with Gasteiger partial charge in [0.1, 0.15) is 12.7 Å². The number of ether oxygens (including phenoxy) is 2. The van der Waals surface area contributed by atoms with E-state index in [1.165, 1.54) is 22.0 Å². The van der Waals surface area contributed by atoms with Gasteiger partial charge in [-0.1, -0.05) is 24.3 Å². The monoisotopic (exact) mass is 506 g/mol. The summed E-state index contributed by atoms with van der Waals surface area (Å²) in [4.78, 5) is 7.65. The average Bonchev–Trinajstić information content (AvgIpc) is 3.12. The van der Waals surface area contributed by atoms with E-state index in [0.29, 0.717) is 13.2 Å². The van der Waals surface area contributed by atoms with E-state index in [-0.39, 0.29) is 30.1 Å². The molecule has 154 valence electrons. The van der Waals surface area contributed by atoms with Gasteiger partial charge < -0.3 is 25.1 Å². The van der Waals surface area contributed by atoms with Crippen LogP contribution in [0.4, 0.5) is 0 Å². The van der Waals surface area contributed by atoms with Gasteiger partial charge in [0.2, 0.25) is 0 Å². The molecular formula is C22H27IN4O2. The topological polar surface area (TPSA) is 70.7 Å². The van der Waals surface area contributed by atoms with Crippen LogP contribution in [0, 0.1) is 6.92 Å². The van der Waals surface area contributed by atoms with Crippen molar-refractivity contribution in [3.05, 3.63) is 59.8 Å². The summed E-state index contributed by atoms with van der Waals surface area (Å²) >= 11 is 0. The Morgan fingerprint density at radius 3 is 2.83 bits per heavy atom. The van der Waals surface area contributed by atoms with E-state index in [0.717, 1.165) is 30.4 Å². The number of para-hydroxylation sites is 2. The van der Waals surface area contributed by atoms with Crippen molar-refractivity contribution in [1.29, 1.82) is 0 Å². The number of aromatic amines is 1. The molecule has 1 aliphatic heterocycles. The van der Waals surface area contributed by atoms with Gasteiger partial charge in [0, 0.05) is 30.7 Å². The predicted molar refractivity (Wildman–Crippen MR) is 128 cm³/mol. The summed E-state index contributed by atoms with van der Waals surface area (Å²) in [6.45, 7) is 4.05. The van der Waals surface area contributed by atoms with E-state index in [2.05, 4.69) is 51.9 Å². The Kier molecular flexibility index (Phi) is 7.24. The van der Waals surface area contributed by atoms with Crippen molar-refractivity contribution in [3.8, 4) is 11.5 Å². The predicted octanol–water partition coefficient (Wildman–Crippen LogP) is 3.64. The lowest BCUT2D eigenvalue weighted by Crippen LogP contribution is -2.45. The minimum atomic E-state index is -0.0506. The number of benzene rings is 2.